The second-order valence-corrected chi connectivity index (χ2v) is 18.8. The monoisotopic (exact) mass is 844 g/mol. The highest BCUT2D eigenvalue weighted by Crippen LogP contribution is 2.44. The zero-order valence-electron chi connectivity index (χ0n) is 34.7. The molecule has 3 aromatic heterocycles. The summed E-state index contributed by atoms with van der Waals surface area (Å²) in [4.78, 5) is 26.8. The van der Waals surface area contributed by atoms with Crippen LogP contribution in [0.4, 0.5) is 5.95 Å². The minimum Gasteiger partial charge on any atom is -0.371 e. The largest absolute Gasteiger partial charge is 0.371 e. The molecule has 10 rings (SSSR count). The first-order chi connectivity index (χ1) is 29.7. The molecule has 6 aromatic rings. The summed E-state index contributed by atoms with van der Waals surface area (Å²) in [6.07, 6.45) is 9.91. The van der Waals surface area contributed by atoms with Crippen molar-refractivity contribution in [3.63, 3.8) is 0 Å². The average Bonchev–Trinajstić information content (AvgIpc) is 3.98. The molecule has 4 aliphatic rings. The number of anilines is 1. The predicted octanol–water partition coefficient (Wildman–Crippen LogP) is 6.42. The Morgan fingerprint density at radius 3 is 2.39 bits per heavy atom. The number of pyridine rings is 1. The van der Waals surface area contributed by atoms with Gasteiger partial charge in [0, 0.05) is 55.5 Å². The topological polar surface area (TPSA) is 139 Å². The van der Waals surface area contributed by atoms with Gasteiger partial charge in [0.2, 0.25) is 5.95 Å². The number of piperidine rings is 1. The summed E-state index contributed by atoms with van der Waals surface area (Å²) in [5.74, 6) is 0.594. The van der Waals surface area contributed by atoms with E-state index in [1.807, 2.05) is 43.3 Å². The number of hydrogen-bond acceptors (Lipinski definition) is 11. The second-order valence-electron chi connectivity index (χ2n) is 17.0. The lowest BCUT2D eigenvalue weighted by Crippen LogP contribution is -2.55. The molecule has 0 bridgehead atoms. The lowest BCUT2D eigenvalue weighted by Gasteiger charge is -2.42. The maximum absolute atomic E-state index is 14.1. The average molecular weight is 845 g/mol. The van der Waals surface area contributed by atoms with E-state index in [1.54, 1.807) is 43.6 Å². The molecule has 1 saturated carbocycles. The molecule has 0 spiro atoms. The molecular formula is C47H52N6O7S. The van der Waals surface area contributed by atoms with Gasteiger partial charge in [-0.15, -0.1) is 0 Å². The SMILES string of the molecule is Cc1ccc(S(=O)(=O)n2ccc3c(-c4ccc5nc(N6CC(OC7CCNCC7)C6)nc(C(COC6CCCCO6)(OC6CC6)c6ccccc6)c5c4)cn(C)c(=O)c32)cc1. The Balaban J connectivity index is 1.13. The molecule has 3 aliphatic heterocycles. The zero-order chi connectivity index (χ0) is 41.7. The third-order valence-electron chi connectivity index (χ3n) is 12.5. The number of benzene rings is 3. The van der Waals surface area contributed by atoms with Crippen LogP contribution in [0.1, 0.15) is 61.8 Å². The first-order valence-electron chi connectivity index (χ1n) is 21.6. The van der Waals surface area contributed by atoms with Crippen LogP contribution in [0.3, 0.4) is 0 Å². The summed E-state index contributed by atoms with van der Waals surface area (Å²) in [6.45, 7) is 6.02. The maximum Gasteiger partial charge on any atom is 0.275 e. The molecule has 3 aromatic carbocycles. The van der Waals surface area contributed by atoms with Crippen LogP contribution in [0.25, 0.3) is 32.9 Å². The Morgan fingerprint density at radius 2 is 1.66 bits per heavy atom. The minimum absolute atomic E-state index is 0.0121. The fourth-order valence-electron chi connectivity index (χ4n) is 8.89. The number of nitrogens with one attached hydrogen (secondary N) is 1. The molecule has 1 N–H and O–H groups in total. The summed E-state index contributed by atoms with van der Waals surface area (Å²) >= 11 is 0. The number of fused-ring (bicyclic) bond motifs is 2. The minimum atomic E-state index is -4.09. The highest BCUT2D eigenvalue weighted by Gasteiger charge is 2.46. The van der Waals surface area contributed by atoms with Crippen LogP contribution in [0, 0.1) is 6.92 Å². The Morgan fingerprint density at radius 1 is 0.869 bits per heavy atom. The third kappa shape index (κ3) is 7.78. The molecule has 61 heavy (non-hydrogen) atoms. The fourth-order valence-corrected chi connectivity index (χ4v) is 10.2. The Kier molecular flexibility index (Phi) is 10.8. The van der Waals surface area contributed by atoms with Crippen LogP contribution in [-0.2, 0) is 41.6 Å². The van der Waals surface area contributed by atoms with Crippen molar-refractivity contribution in [3.05, 3.63) is 118 Å². The van der Waals surface area contributed by atoms with Crippen LogP contribution < -0.4 is 15.8 Å². The number of rotatable bonds is 13. The van der Waals surface area contributed by atoms with Gasteiger partial charge >= 0.3 is 0 Å². The van der Waals surface area contributed by atoms with E-state index < -0.39 is 21.2 Å². The lowest BCUT2D eigenvalue weighted by molar-refractivity contribution is -0.197. The Bertz CT molecular complexity index is 2720. The molecule has 13 nitrogen and oxygen atoms in total. The van der Waals surface area contributed by atoms with Crippen molar-refractivity contribution in [1.82, 2.24) is 23.8 Å². The van der Waals surface area contributed by atoms with Crippen LogP contribution in [0.2, 0.25) is 0 Å². The van der Waals surface area contributed by atoms with Crippen molar-refractivity contribution < 1.29 is 27.4 Å². The van der Waals surface area contributed by atoms with Gasteiger partial charge in [0.25, 0.3) is 15.6 Å². The van der Waals surface area contributed by atoms with E-state index in [0.717, 1.165) is 89.6 Å². The number of nitrogens with zero attached hydrogens (tertiary/aromatic N) is 5. The summed E-state index contributed by atoms with van der Waals surface area (Å²) in [6, 6.07) is 24.5. The summed E-state index contributed by atoms with van der Waals surface area (Å²) < 4.78 is 57.2. The number of aromatic nitrogens is 4. The molecule has 2 atom stereocenters. The highest BCUT2D eigenvalue weighted by atomic mass is 32.2. The van der Waals surface area contributed by atoms with E-state index in [1.165, 1.54) is 10.8 Å². The molecule has 3 saturated heterocycles. The molecule has 0 amide bonds. The summed E-state index contributed by atoms with van der Waals surface area (Å²) in [5.41, 5.74) is 3.20. The van der Waals surface area contributed by atoms with Crippen LogP contribution in [-0.4, -0.2) is 90.9 Å². The van der Waals surface area contributed by atoms with E-state index in [9.17, 15) is 13.2 Å². The van der Waals surface area contributed by atoms with Crippen LogP contribution in [0.15, 0.2) is 101 Å². The van der Waals surface area contributed by atoms with E-state index in [4.69, 9.17) is 28.9 Å². The normalized spacial score (nSPS) is 20.2. The number of ether oxygens (including phenoxy) is 4. The number of aryl methyl sites for hydroxylation is 2. The van der Waals surface area contributed by atoms with Gasteiger partial charge in [-0.3, -0.25) is 4.79 Å². The van der Waals surface area contributed by atoms with Crippen molar-refractivity contribution in [2.24, 2.45) is 7.05 Å². The molecule has 6 heterocycles. The first-order valence-corrected chi connectivity index (χ1v) is 23.0. The molecule has 2 unspecified atom stereocenters. The third-order valence-corrected chi connectivity index (χ3v) is 14.2. The van der Waals surface area contributed by atoms with Gasteiger partial charge in [0.1, 0.15) is 5.52 Å². The zero-order valence-corrected chi connectivity index (χ0v) is 35.5. The van der Waals surface area contributed by atoms with Crippen molar-refractivity contribution >= 4 is 37.8 Å². The Hall–Kier alpha value is -4.96. The van der Waals surface area contributed by atoms with E-state index in [2.05, 4.69) is 22.3 Å². The van der Waals surface area contributed by atoms with E-state index >= 15 is 0 Å². The first kappa shape index (κ1) is 40.1. The summed E-state index contributed by atoms with van der Waals surface area (Å²) in [7, 11) is -2.44. The Labute approximate surface area is 355 Å². The standard InChI is InChI=1S/C47H52N6O7S/c1-31-11-16-37(17-12-31)61(55,56)53-24-21-38-40(29-51(2)45(54)43(38)53)32-13-18-41-39(26-32)44(50-46(49-41)52-27-36(28-52)59-34-19-22-48-23-20-34)47(60-35-14-15-35,33-8-4-3-5-9-33)30-58-42-10-6-7-25-57-42/h3-5,8-9,11-13,16-18,21,24,26,29,34-36,42,48H,6-7,10,14-15,19-20,22-23,25,27-28,30H2,1-2H3. The lowest BCUT2D eigenvalue weighted by atomic mass is 9.87. The molecule has 0 radical (unpaired) electrons. The second kappa shape index (κ2) is 16.4. The van der Waals surface area contributed by atoms with Crippen LogP contribution in [0.5, 0.6) is 0 Å². The van der Waals surface area contributed by atoms with Gasteiger partial charge in [0.15, 0.2) is 11.9 Å². The fraction of sp³-hybridized carbons (Fsp3) is 0.426. The van der Waals surface area contributed by atoms with E-state index in [0.29, 0.717) is 42.3 Å². The van der Waals surface area contributed by atoms with E-state index in [-0.39, 0.29) is 41.6 Å². The van der Waals surface area contributed by atoms with Gasteiger partial charge in [-0.05, 0) is 106 Å². The molecule has 1 aliphatic carbocycles. The van der Waals surface area contributed by atoms with Crippen molar-refractivity contribution in [1.29, 1.82) is 0 Å². The van der Waals surface area contributed by atoms with Crippen molar-refractivity contribution in [2.75, 3.05) is 44.3 Å². The van der Waals surface area contributed by atoms with Gasteiger partial charge in [-0.25, -0.2) is 22.4 Å². The van der Waals surface area contributed by atoms with Crippen molar-refractivity contribution in [3.8, 4) is 11.1 Å². The maximum atomic E-state index is 14.1. The predicted molar refractivity (Wildman–Crippen MR) is 233 cm³/mol. The highest BCUT2D eigenvalue weighted by molar-refractivity contribution is 7.90. The molecule has 4 fully saturated rings. The molecule has 14 heteroatoms. The van der Waals surface area contributed by atoms with Crippen molar-refractivity contribution in [2.45, 2.75) is 87.0 Å². The molecular weight excluding hydrogens is 793 g/mol. The summed E-state index contributed by atoms with van der Waals surface area (Å²) in [5, 5.41) is 4.69. The van der Waals surface area contributed by atoms with Gasteiger partial charge < -0.3 is 33.7 Å². The van der Waals surface area contributed by atoms with Gasteiger partial charge in [-0.2, -0.15) is 0 Å². The molecule has 318 valence electrons. The quantitative estimate of drug-likeness (QED) is 0.138. The number of hydrogen-bond donors (Lipinski definition) is 1. The van der Waals surface area contributed by atoms with Gasteiger partial charge in [-0.1, -0.05) is 54.1 Å². The smallest absolute Gasteiger partial charge is 0.275 e. The van der Waals surface area contributed by atoms with Crippen LogP contribution >= 0.6 is 0 Å². The van der Waals surface area contributed by atoms with Gasteiger partial charge in [0.05, 0.1) is 41.0 Å².